The van der Waals surface area contributed by atoms with Gasteiger partial charge in [-0.05, 0) is 17.9 Å². The normalized spacial score (nSPS) is 12.6. The van der Waals surface area contributed by atoms with E-state index in [4.69, 9.17) is 10.5 Å². The zero-order valence-corrected chi connectivity index (χ0v) is 10.3. The smallest absolute Gasteiger partial charge is 0.243 e. The first-order valence-electron chi connectivity index (χ1n) is 5.37. The molecule has 90 valence electrons. The van der Waals surface area contributed by atoms with Crippen molar-refractivity contribution in [2.45, 2.75) is 19.4 Å². The van der Waals surface area contributed by atoms with E-state index in [0.29, 0.717) is 12.6 Å². The van der Waals surface area contributed by atoms with Gasteiger partial charge in [0.1, 0.15) is 6.61 Å². The van der Waals surface area contributed by atoms with Gasteiger partial charge in [0.25, 0.3) is 0 Å². The number of rotatable bonds is 8. The quantitative estimate of drug-likeness (QED) is 0.675. The standard InChI is InChI=1S/C11H18N2O2S/c1-2-9(10-4-3-7-16-10)13-5-6-15-8-11(12)14/h3-4,7,9,13H,2,5-6,8H2,1H3,(H2,12,14). The van der Waals surface area contributed by atoms with Crippen LogP contribution in [0.5, 0.6) is 0 Å². The van der Waals surface area contributed by atoms with Crippen LogP contribution in [-0.2, 0) is 9.53 Å². The van der Waals surface area contributed by atoms with Gasteiger partial charge in [0.15, 0.2) is 0 Å². The summed E-state index contributed by atoms with van der Waals surface area (Å²) in [7, 11) is 0. The van der Waals surface area contributed by atoms with Crippen molar-refractivity contribution in [2.75, 3.05) is 19.8 Å². The van der Waals surface area contributed by atoms with E-state index in [-0.39, 0.29) is 6.61 Å². The Hall–Kier alpha value is -0.910. The number of carbonyl (C=O) groups excluding carboxylic acids is 1. The molecule has 1 rings (SSSR count). The Labute approximate surface area is 99.8 Å². The molecule has 0 aliphatic heterocycles. The molecule has 0 saturated heterocycles. The molecule has 0 aliphatic carbocycles. The van der Waals surface area contributed by atoms with Crippen molar-refractivity contribution in [3.05, 3.63) is 22.4 Å². The van der Waals surface area contributed by atoms with E-state index in [1.165, 1.54) is 4.88 Å². The number of amides is 1. The molecule has 16 heavy (non-hydrogen) atoms. The predicted octanol–water partition coefficient (Wildman–Crippen LogP) is 1.29. The van der Waals surface area contributed by atoms with Crippen LogP contribution in [-0.4, -0.2) is 25.7 Å². The fourth-order valence-electron chi connectivity index (χ4n) is 1.41. The van der Waals surface area contributed by atoms with Crippen LogP contribution in [0, 0.1) is 0 Å². The third-order valence-corrected chi connectivity index (χ3v) is 3.16. The Morgan fingerprint density at radius 1 is 1.69 bits per heavy atom. The summed E-state index contributed by atoms with van der Waals surface area (Å²) in [6, 6.07) is 4.54. The average molecular weight is 242 g/mol. The molecular formula is C11H18N2O2S. The molecule has 0 bridgehead atoms. The van der Waals surface area contributed by atoms with Crippen molar-refractivity contribution < 1.29 is 9.53 Å². The van der Waals surface area contributed by atoms with Crippen LogP contribution in [0.25, 0.3) is 0 Å². The molecule has 1 atom stereocenters. The number of nitrogens with two attached hydrogens (primary N) is 1. The molecule has 0 saturated carbocycles. The number of ether oxygens (including phenoxy) is 1. The van der Waals surface area contributed by atoms with Crippen LogP contribution in [0.4, 0.5) is 0 Å². The molecule has 1 amide bonds. The van der Waals surface area contributed by atoms with Crippen LogP contribution >= 0.6 is 11.3 Å². The highest BCUT2D eigenvalue weighted by atomic mass is 32.1. The maximum Gasteiger partial charge on any atom is 0.243 e. The van der Waals surface area contributed by atoms with Crippen LogP contribution in [0.15, 0.2) is 17.5 Å². The van der Waals surface area contributed by atoms with Gasteiger partial charge < -0.3 is 15.8 Å². The average Bonchev–Trinajstić information content (AvgIpc) is 2.76. The van der Waals surface area contributed by atoms with Gasteiger partial charge >= 0.3 is 0 Å². The minimum atomic E-state index is -0.426. The van der Waals surface area contributed by atoms with Crippen molar-refractivity contribution in [1.82, 2.24) is 5.32 Å². The van der Waals surface area contributed by atoms with Crippen LogP contribution in [0.1, 0.15) is 24.3 Å². The number of hydrogen-bond donors (Lipinski definition) is 2. The topological polar surface area (TPSA) is 64.3 Å². The lowest BCUT2D eigenvalue weighted by Crippen LogP contribution is -2.26. The molecule has 0 aromatic carbocycles. The summed E-state index contributed by atoms with van der Waals surface area (Å²) in [4.78, 5) is 11.7. The Bertz CT molecular complexity index is 301. The van der Waals surface area contributed by atoms with Crippen molar-refractivity contribution >= 4 is 17.2 Å². The van der Waals surface area contributed by atoms with Crippen LogP contribution in [0.3, 0.4) is 0 Å². The van der Waals surface area contributed by atoms with Gasteiger partial charge in [-0.15, -0.1) is 11.3 Å². The van der Waals surface area contributed by atoms with Gasteiger partial charge in [0.2, 0.25) is 5.91 Å². The Kier molecular flexibility index (Phi) is 6.07. The second-order valence-corrected chi connectivity index (χ2v) is 4.43. The molecule has 0 radical (unpaired) electrons. The summed E-state index contributed by atoms with van der Waals surface area (Å²) in [6.45, 7) is 3.37. The molecule has 1 aromatic heterocycles. The molecule has 1 unspecified atom stereocenters. The number of nitrogens with one attached hydrogen (secondary N) is 1. The van der Waals surface area contributed by atoms with Crippen molar-refractivity contribution in [3.63, 3.8) is 0 Å². The summed E-state index contributed by atoms with van der Waals surface area (Å²) >= 11 is 1.75. The van der Waals surface area contributed by atoms with Crippen molar-refractivity contribution in [1.29, 1.82) is 0 Å². The molecule has 0 aliphatic rings. The lowest BCUT2D eigenvalue weighted by Gasteiger charge is -2.15. The van der Waals surface area contributed by atoms with Gasteiger partial charge in [-0.2, -0.15) is 0 Å². The largest absolute Gasteiger partial charge is 0.370 e. The van der Waals surface area contributed by atoms with Gasteiger partial charge in [0.05, 0.1) is 6.61 Å². The van der Waals surface area contributed by atoms with Crippen molar-refractivity contribution in [2.24, 2.45) is 5.73 Å². The molecular weight excluding hydrogens is 224 g/mol. The maximum absolute atomic E-state index is 10.4. The van der Waals surface area contributed by atoms with Gasteiger partial charge in [-0.25, -0.2) is 0 Å². The van der Waals surface area contributed by atoms with E-state index < -0.39 is 5.91 Å². The van der Waals surface area contributed by atoms with Crippen LogP contribution in [0.2, 0.25) is 0 Å². The highest BCUT2D eigenvalue weighted by Gasteiger charge is 2.08. The first kappa shape index (κ1) is 13.2. The summed E-state index contributed by atoms with van der Waals surface area (Å²) < 4.78 is 5.07. The summed E-state index contributed by atoms with van der Waals surface area (Å²) in [6.07, 6.45) is 1.04. The third kappa shape index (κ3) is 4.74. The lowest BCUT2D eigenvalue weighted by molar-refractivity contribution is -0.122. The molecule has 4 nitrogen and oxygen atoms in total. The van der Waals surface area contributed by atoms with E-state index in [9.17, 15) is 4.79 Å². The first-order chi connectivity index (χ1) is 7.74. The third-order valence-electron chi connectivity index (χ3n) is 2.18. The molecule has 3 N–H and O–H groups in total. The van der Waals surface area contributed by atoms with Crippen molar-refractivity contribution in [3.8, 4) is 0 Å². The van der Waals surface area contributed by atoms with E-state index in [1.54, 1.807) is 11.3 Å². The van der Waals surface area contributed by atoms with E-state index in [1.807, 2.05) is 6.07 Å². The SMILES string of the molecule is CCC(NCCOCC(N)=O)c1cccs1. The highest BCUT2D eigenvalue weighted by molar-refractivity contribution is 7.10. The van der Waals surface area contributed by atoms with Gasteiger partial charge in [-0.3, -0.25) is 4.79 Å². The molecule has 0 fully saturated rings. The molecule has 1 aromatic rings. The lowest BCUT2D eigenvalue weighted by atomic mass is 10.2. The Morgan fingerprint density at radius 3 is 3.06 bits per heavy atom. The minimum Gasteiger partial charge on any atom is -0.370 e. The Balaban J connectivity index is 2.18. The predicted molar refractivity (Wildman–Crippen MR) is 65.4 cm³/mol. The summed E-state index contributed by atoms with van der Waals surface area (Å²) in [5, 5.41) is 5.45. The first-order valence-corrected chi connectivity index (χ1v) is 6.24. The highest BCUT2D eigenvalue weighted by Crippen LogP contribution is 2.21. The number of primary amides is 1. The second-order valence-electron chi connectivity index (χ2n) is 3.45. The fourth-order valence-corrected chi connectivity index (χ4v) is 2.30. The number of thiophene rings is 1. The summed E-state index contributed by atoms with van der Waals surface area (Å²) in [5.41, 5.74) is 4.96. The van der Waals surface area contributed by atoms with Gasteiger partial charge in [0, 0.05) is 17.5 Å². The monoisotopic (exact) mass is 242 g/mol. The van der Waals surface area contributed by atoms with E-state index in [0.717, 1.165) is 13.0 Å². The number of hydrogen-bond acceptors (Lipinski definition) is 4. The van der Waals surface area contributed by atoms with Crippen LogP contribution < -0.4 is 11.1 Å². The number of carbonyl (C=O) groups is 1. The molecule has 5 heteroatoms. The Morgan fingerprint density at radius 2 is 2.50 bits per heavy atom. The van der Waals surface area contributed by atoms with E-state index in [2.05, 4.69) is 23.7 Å². The van der Waals surface area contributed by atoms with Gasteiger partial charge in [-0.1, -0.05) is 13.0 Å². The zero-order valence-electron chi connectivity index (χ0n) is 9.44. The summed E-state index contributed by atoms with van der Waals surface area (Å²) in [5.74, 6) is -0.426. The second kappa shape index (κ2) is 7.38. The zero-order chi connectivity index (χ0) is 11.8. The fraction of sp³-hybridized carbons (Fsp3) is 0.545. The molecule has 1 heterocycles. The van der Waals surface area contributed by atoms with E-state index >= 15 is 0 Å². The molecule has 0 spiro atoms. The maximum atomic E-state index is 10.4. The minimum absolute atomic E-state index is 0.00251.